The minimum atomic E-state index is -4.15. The molecule has 0 spiro atoms. The molecule has 0 aliphatic carbocycles. The fraction of sp³-hybridized carbons (Fsp3) is 0.278. The molecule has 0 amide bonds. The summed E-state index contributed by atoms with van der Waals surface area (Å²) in [7, 11) is -0.956. The summed E-state index contributed by atoms with van der Waals surface area (Å²) in [5.74, 6) is -0.324. The highest BCUT2D eigenvalue weighted by atomic mass is 35.5. The van der Waals surface area contributed by atoms with E-state index in [2.05, 4.69) is 4.72 Å². The molecule has 0 saturated heterocycles. The van der Waals surface area contributed by atoms with Gasteiger partial charge in [-0.05, 0) is 30.3 Å². The molecule has 0 aromatic heterocycles. The second kappa shape index (κ2) is 10.2. The highest BCUT2D eigenvalue weighted by molar-refractivity contribution is 7.89. The van der Waals surface area contributed by atoms with Crippen LogP contribution in [-0.2, 0) is 19.6 Å². The van der Waals surface area contributed by atoms with E-state index < -0.39 is 27.5 Å². The van der Waals surface area contributed by atoms with E-state index in [0.29, 0.717) is 10.8 Å². The smallest absolute Gasteiger partial charge is 0.321 e. The van der Waals surface area contributed by atoms with Gasteiger partial charge in [-0.3, -0.25) is 14.9 Å². The molecular formula is C18H20ClN3O7S. The molecule has 0 heterocycles. The number of hydrogen-bond acceptors (Lipinski definition) is 8. The summed E-state index contributed by atoms with van der Waals surface area (Å²) in [6, 6.07) is 10.1. The van der Waals surface area contributed by atoms with E-state index in [9.17, 15) is 23.3 Å². The zero-order valence-electron chi connectivity index (χ0n) is 16.2. The molecule has 1 N–H and O–H groups in total. The molecule has 2 aromatic rings. The second-order valence-corrected chi connectivity index (χ2v) is 8.36. The first kappa shape index (κ1) is 23.4. The number of carbonyl (C=O) groups excluding carboxylic acids is 1. The van der Waals surface area contributed by atoms with Gasteiger partial charge in [-0.1, -0.05) is 17.7 Å². The Morgan fingerprint density at radius 2 is 1.93 bits per heavy atom. The number of benzene rings is 2. The van der Waals surface area contributed by atoms with Crippen molar-refractivity contribution in [3.63, 3.8) is 0 Å². The SMILES string of the molecule is CN(C)c1ccc(S(=O)(=O)NCC(=O)OCCOc2cccc(Cl)c2)cc1[N+](=O)[O-]. The Morgan fingerprint density at radius 3 is 2.57 bits per heavy atom. The third kappa shape index (κ3) is 6.58. The Hall–Kier alpha value is -2.89. The van der Waals surface area contributed by atoms with Crippen LogP contribution in [0, 0.1) is 10.1 Å². The van der Waals surface area contributed by atoms with Crippen LogP contribution in [-0.4, -0.2) is 53.2 Å². The lowest BCUT2D eigenvalue weighted by Gasteiger charge is -2.14. The molecule has 162 valence electrons. The lowest BCUT2D eigenvalue weighted by atomic mass is 10.2. The number of nitro benzene ring substituents is 1. The molecular weight excluding hydrogens is 438 g/mol. The van der Waals surface area contributed by atoms with Gasteiger partial charge in [-0.15, -0.1) is 0 Å². The first-order chi connectivity index (χ1) is 14.1. The molecule has 0 aliphatic heterocycles. The fourth-order valence-corrected chi connectivity index (χ4v) is 3.52. The van der Waals surface area contributed by atoms with Gasteiger partial charge in [0.2, 0.25) is 10.0 Å². The largest absolute Gasteiger partial charge is 0.490 e. The molecule has 2 aromatic carbocycles. The molecule has 0 aliphatic rings. The predicted molar refractivity (Wildman–Crippen MR) is 111 cm³/mol. The molecule has 0 radical (unpaired) electrons. The number of hydrogen-bond donors (Lipinski definition) is 1. The van der Waals surface area contributed by atoms with Gasteiger partial charge < -0.3 is 14.4 Å². The van der Waals surface area contributed by atoms with Crippen molar-refractivity contribution in [1.82, 2.24) is 4.72 Å². The Bertz CT molecular complexity index is 1030. The molecule has 2 rings (SSSR count). The molecule has 12 heteroatoms. The summed E-state index contributed by atoms with van der Waals surface area (Å²) in [4.78, 5) is 23.5. The van der Waals surface area contributed by atoms with Crippen LogP contribution < -0.4 is 14.4 Å². The van der Waals surface area contributed by atoms with Crippen molar-refractivity contribution < 1.29 is 27.6 Å². The summed E-state index contributed by atoms with van der Waals surface area (Å²) in [6.45, 7) is -0.685. The average molecular weight is 458 g/mol. The van der Waals surface area contributed by atoms with Crippen molar-refractivity contribution in [2.24, 2.45) is 0 Å². The Kier molecular flexibility index (Phi) is 7.98. The number of rotatable bonds is 10. The van der Waals surface area contributed by atoms with Crippen molar-refractivity contribution in [2.75, 3.05) is 38.8 Å². The maximum atomic E-state index is 12.3. The third-order valence-electron chi connectivity index (χ3n) is 3.75. The standard InChI is InChI=1S/C18H20ClN3O7S/c1-21(2)16-7-6-15(11-17(16)22(24)25)30(26,27)20-12-18(23)29-9-8-28-14-5-3-4-13(19)10-14/h3-7,10-11,20H,8-9,12H2,1-2H3. The van der Waals surface area contributed by atoms with E-state index in [4.69, 9.17) is 21.1 Å². The number of anilines is 1. The van der Waals surface area contributed by atoms with Crippen molar-refractivity contribution in [3.05, 3.63) is 57.6 Å². The summed E-state index contributed by atoms with van der Waals surface area (Å²) in [5.41, 5.74) is -0.123. The van der Waals surface area contributed by atoms with Crippen LogP contribution in [0.15, 0.2) is 47.4 Å². The van der Waals surface area contributed by atoms with E-state index >= 15 is 0 Å². The number of carbonyl (C=O) groups is 1. The highest BCUT2D eigenvalue weighted by Gasteiger charge is 2.23. The summed E-state index contributed by atoms with van der Waals surface area (Å²) in [5, 5.41) is 11.7. The predicted octanol–water partition coefficient (Wildman–Crippen LogP) is 2.21. The van der Waals surface area contributed by atoms with Gasteiger partial charge in [0.25, 0.3) is 5.69 Å². The van der Waals surface area contributed by atoms with Crippen LogP contribution in [0.5, 0.6) is 5.75 Å². The number of nitrogens with zero attached hydrogens (tertiary/aromatic N) is 2. The third-order valence-corrected chi connectivity index (χ3v) is 5.39. The topological polar surface area (TPSA) is 128 Å². The Labute approximate surface area is 178 Å². The first-order valence-corrected chi connectivity index (χ1v) is 10.5. The zero-order valence-corrected chi connectivity index (χ0v) is 17.8. The lowest BCUT2D eigenvalue weighted by Crippen LogP contribution is -2.31. The maximum Gasteiger partial charge on any atom is 0.321 e. The van der Waals surface area contributed by atoms with Crippen LogP contribution in [0.25, 0.3) is 0 Å². The van der Waals surface area contributed by atoms with Gasteiger partial charge >= 0.3 is 5.97 Å². The number of nitro groups is 1. The minimum absolute atomic E-state index is 0.0526. The quantitative estimate of drug-likeness (QED) is 0.249. The van der Waals surface area contributed by atoms with E-state index in [1.807, 2.05) is 0 Å². The van der Waals surface area contributed by atoms with Crippen LogP contribution in [0.1, 0.15) is 0 Å². The number of ether oxygens (including phenoxy) is 2. The van der Waals surface area contributed by atoms with Gasteiger partial charge in [0.15, 0.2) is 0 Å². The van der Waals surface area contributed by atoms with Gasteiger partial charge in [0.1, 0.15) is 31.2 Å². The van der Waals surface area contributed by atoms with Crippen molar-refractivity contribution in [2.45, 2.75) is 4.90 Å². The molecule has 0 atom stereocenters. The van der Waals surface area contributed by atoms with Crippen LogP contribution in [0.3, 0.4) is 0 Å². The normalized spacial score (nSPS) is 11.0. The van der Waals surface area contributed by atoms with Crippen LogP contribution in [0.4, 0.5) is 11.4 Å². The summed E-state index contributed by atoms with van der Waals surface area (Å²) in [6.07, 6.45) is 0. The molecule has 0 bridgehead atoms. The Morgan fingerprint density at radius 1 is 1.20 bits per heavy atom. The first-order valence-electron chi connectivity index (χ1n) is 8.59. The number of nitrogens with one attached hydrogen (secondary N) is 1. The van der Waals surface area contributed by atoms with Gasteiger partial charge in [0.05, 0.1) is 9.82 Å². The van der Waals surface area contributed by atoms with Crippen LogP contribution in [0.2, 0.25) is 5.02 Å². The molecule has 0 unspecified atom stereocenters. The van der Waals surface area contributed by atoms with Crippen molar-refractivity contribution in [1.29, 1.82) is 0 Å². The fourth-order valence-electron chi connectivity index (χ4n) is 2.35. The molecule has 30 heavy (non-hydrogen) atoms. The lowest BCUT2D eigenvalue weighted by molar-refractivity contribution is -0.384. The molecule has 0 fully saturated rings. The van der Waals surface area contributed by atoms with E-state index in [1.165, 1.54) is 17.0 Å². The van der Waals surface area contributed by atoms with Crippen LogP contribution >= 0.6 is 11.6 Å². The minimum Gasteiger partial charge on any atom is -0.490 e. The van der Waals surface area contributed by atoms with Crippen molar-refractivity contribution >= 4 is 39.0 Å². The summed E-state index contributed by atoms with van der Waals surface area (Å²) < 4.78 is 37.0. The maximum absolute atomic E-state index is 12.3. The van der Waals surface area contributed by atoms with E-state index in [0.717, 1.165) is 6.07 Å². The number of sulfonamides is 1. The zero-order chi connectivity index (χ0) is 22.3. The molecule has 0 saturated carbocycles. The summed E-state index contributed by atoms with van der Waals surface area (Å²) >= 11 is 5.82. The van der Waals surface area contributed by atoms with Gasteiger partial charge in [-0.2, -0.15) is 4.72 Å². The van der Waals surface area contributed by atoms with E-state index in [1.54, 1.807) is 38.4 Å². The number of esters is 1. The average Bonchev–Trinajstić information content (AvgIpc) is 2.69. The van der Waals surface area contributed by atoms with E-state index in [-0.39, 0.29) is 29.5 Å². The van der Waals surface area contributed by atoms with Gasteiger partial charge in [-0.25, -0.2) is 8.42 Å². The highest BCUT2D eigenvalue weighted by Crippen LogP contribution is 2.29. The number of halogens is 1. The second-order valence-electron chi connectivity index (χ2n) is 6.15. The monoisotopic (exact) mass is 457 g/mol. The Balaban J connectivity index is 1.89. The molecule has 10 nitrogen and oxygen atoms in total. The van der Waals surface area contributed by atoms with Gasteiger partial charge in [0, 0.05) is 25.2 Å². The van der Waals surface area contributed by atoms with Crippen molar-refractivity contribution in [3.8, 4) is 5.75 Å².